The van der Waals surface area contributed by atoms with Crippen LogP contribution in [0.1, 0.15) is 138 Å². The second-order valence-corrected chi connectivity index (χ2v) is 17.9. The van der Waals surface area contributed by atoms with Crippen LogP contribution in [0.5, 0.6) is 0 Å². The van der Waals surface area contributed by atoms with Gasteiger partial charge in [-0.15, -0.1) is 0 Å². The van der Waals surface area contributed by atoms with E-state index >= 15 is 0 Å². The monoisotopic (exact) mass is 591 g/mol. The van der Waals surface area contributed by atoms with Crippen LogP contribution in [0.4, 0.5) is 0 Å². The highest BCUT2D eigenvalue weighted by molar-refractivity contribution is 5.97. The van der Waals surface area contributed by atoms with E-state index in [9.17, 15) is 9.59 Å². The van der Waals surface area contributed by atoms with Crippen LogP contribution in [-0.2, 0) is 9.59 Å². The van der Waals surface area contributed by atoms with Gasteiger partial charge in [0.05, 0.1) is 5.41 Å². The summed E-state index contributed by atoms with van der Waals surface area (Å²) in [5.41, 5.74) is 8.50. The Kier molecular flexibility index (Phi) is 7.63. The normalized spacial score (nSPS) is 44.1. The first-order chi connectivity index (χ1) is 20.1. The average molecular weight is 592 g/mol. The lowest BCUT2D eigenvalue weighted by atomic mass is 9.37. The molecule has 7 atom stereocenters. The first kappa shape index (κ1) is 31.4. The summed E-state index contributed by atoms with van der Waals surface area (Å²) in [5.74, 6) is 1.20. The van der Waals surface area contributed by atoms with Gasteiger partial charge in [0.2, 0.25) is 5.91 Å². The molecule has 5 aliphatic carbocycles. The highest BCUT2D eigenvalue weighted by atomic mass is 16.2. The third-order valence-electron chi connectivity index (χ3n) is 14.1. The summed E-state index contributed by atoms with van der Waals surface area (Å²) in [5, 5.41) is 7.24. The van der Waals surface area contributed by atoms with Crippen molar-refractivity contribution in [3.05, 3.63) is 23.4 Å². The second-order valence-electron chi connectivity index (χ2n) is 17.9. The lowest BCUT2D eigenvalue weighted by Gasteiger charge is -2.68. The van der Waals surface area contributed by atoms with Gasteiger partial charge in [-0.2, -0.15) is 0 Å². The molecule has 0 aromatic heterocycles. The van der Waals surface area contributed by atoms with Crippen LogP contribution >= 0.6 is 0 Å². The summed E-state index contributed by atoms with van der Waals surface area (Å²) in [6.07, 6.45) is 19.8. The summed E-state index contributed by atoms with van der Waals surface area (Å²) >= 11 is 0. The Bertz CT molecular complexity index is 1210. The van der Waals surface area contributed by atoms with Crippen molar-refractivity contribution in [1.29, 1.82) is 0 Å². The van der Waals surface area contributed by atoms with Gasteiger partial charge < -0.3 is 16.4 Å². The number of fused-ring (bicyclic) bond motifs is 7. The number of nitrogens with two attached hydrogens (primary N) is 1. The van der Waals surface area contributed by atoms with Crippen LogP contribution in [0, 0.1) is 45.3 Å². The molecule has 43 heavy (non-hydrogen) atoms. The van der Waals surface area contributed by atoms with E-state index in [0.717, 1.165) is 51.5 Å². The first-order valence-corrected chi connectivity index (χ1v) is 17.9. The molecule has 4 N–H and O–H groups in total. The van der Waals surface area contributed by atoms with Gasteiger partial charge in [0.1, 0.15) is 0 Å². The van der Waals surface area contributed by atoms with Crippen molar-refractivity contribution >= 4 is 11.7 Å². The number of allylic oxidation sites excluding steroid dienone is 4. The Morgan fingerprint density at radius 3 is 2.30 bits per heavy atom. The van der Waals surface area contributed by atoms with E-state index in [2.05, 4.69) is 71.3 Å². The Morgan fingerprint density at radius 1 is 0.930 bits per heavy atom. The summed E-state index contributed by atoms with van der Waals surface area (Å²) in [6.45, 7) is 17.0. The minimum Gasteiger partial charge on any atom is -0.384 e. The van der Waals surface area contributed by atoms with Gasteiger partial charge in [0, 0.05) is 34.7 Å². The zero-order valence-corrected chi connectivity index (χ0v) is 28.5. The molecule has 6 rings (SSSR count). The molecule has 240 valence electrons. The van der Waals surface area contributed by atoms with Crippen molar-refractivity contribution in [3.63, 3.8) is 0 Å². The number of rotatable bonds is 3. The third kappa shape index (κ3) is 4.79. The van der Waals surface area contributed by atoms with Crippen LogP contribution in [0.15, 0.2) is 23.4 Å². The Hall–Kier alpha value is -1.62. The molecule has 0 aromatic rings. The molecular weight excluding hydrogens is 530 g/mol. The van der Waals surface area contributed by atoms with Gasteiger partial charge in [-0.1, -0.05) is 71.4 Å². The minimum absolute atomic E-state index is 0.00763. The van der Waals surface area contributed by atoms with Crippen molar-refractivity contribution in [2.24, 2.45) is 51.1 Å². The van der Waals surface area contributed by atoms with Gasteiger partial charge in [-0.25, -0.2) is 0 Å². The smallest absolute Gasteiger partial charge is 0.228 e. The predicted octanol–water partition coefficient (Wildman–Crippen LogP) is 7.60. The predicted molar refractivity (Wildman–Crippen MR) is 175 cm³/mol. The topological polar surface area (TPSA) is 84.2 Å². The number of amides is 1. The largest absolute Gasteiger partial charge is 0.384 e. The molecule has 6 aliphatic rings. The van der Waals surface area contributed by atoms with Crippen LogP contribution < -0.4 is 16.4 Å². The molecule has 7 unspecified atom stereocenters. The molecule has 1 heterocycles. The quantitative estimate of drug-likeness (QED) is 0.316. The van der Waals surface area contributed by atoms with Crippen molar-refractivity contribution in [2.45, 2.75) is 149 Å². The van der Waals surface area contributed by atoms with E-state index in [4.69, 9.17) is 5.73 Å². The molecule has 5 heteroatoms. The minimum atomic E-state index is -0.832. The summed E-state index contributed by atoms with van der Waals surface area (Å²) in [7, 11) is 0. The zero-order valence-electron chi connectivity index (χ0n) is 28.5. The van der Waals surface area contributed by atoms with Crippen molar-refractivity contribution < 1.29 is 9.59 Å². The fourth-order valence-electron chi connectivity index (χ4n) is 12.2. The molecule has 1 aliphatic heterocycles. The van der Waals surface area contributed by atoms with Gasteiger partial charge in [-0.3, -0.25) is 9.59 Å². The van der Waals surface area contributed by atoms with Gasteiger partial charge in [0.25, 0.3) is 0 Å². The standard InChI is InChI=1S/C38H61N3O2/c1-25-22-36(7)29(34(4,5)41-25)16-17-35(6)27-15-18-37(32(43)40-23-26-13-11-9-8-10-12-14-26)20-19-33(2,3)24-38(37,39)31(27)28(42)21-30(35)36/h21-22,26-27,29,31,41H,8-20,23-24,39H2,1-7H3,(H,40,43). The van der Waals surface area contributed by atoms with E-state index in [1.807, 2.05) is 0 Å². The van der Waals surface area contributed by atoms with Crippen LogP contribution in [0.2, 0.25) is 0 Å². The molecule has 5 nitrogen and oxygen atoms in total. The lowest BCUT2D eigenvalue weighted by Crippen LogP contribution is -2.75. The van der Waals surface area contributed by atoms with E-state index in [-0.39, 0.29) is 45.3 Å². The maximum Gasteiger partial charge on any atom is 0.228 e. The van der Waals surface area contributed by atoms with Gasteiger partial charge in [-0.05, 0) is 113 Å². The number of ketones is 1. The fraction of sp³-hybridized carbons (Fsp3) is 0.842. The van der Waals surface area contributed by atoms with Crippen molar-refractivity contribution in [2.75, 3.05) is 6.54 Å². The number of carbonyl (C=O) groups excluding carboxylic acids is 2. The summed E-state index contributed by atoms with van der Waals surface area (Å²) < 4.78 is 0. The van der Waals surface area contributed by atoms with E-state index < -0.39 is 11.0 Å². The van der Waals surface area contributed by atoms with Crippen LogP contribution in [0.25, 0.3) is 0 Å². The maximum absolute atomic E-state index is 14.7. The van der Waals surface area contributed by atoms with E-state index in [0.29, 0.717) is 11.8 Å². The molecule has 0 aromatic carbocycles. The van der Waals surface area contributed by atoms with Gasteiger partial charge in [0.15, 0.2) is 5.78 Å². The second kappa shape index (κ2) is 10.5. The molecule has 0 spiro atoms. The molecule has 0 bridgehead atoms. The number of nitrogens with one attached hydrogen (secondary N) is 2. The Balaban J connectivity index is 1.36. The van der Waals surface area contributed by atoms with Crippen molar-refractivity contribution in [3.8, 4) is 0 Å². The fourth-order valence-corrected chi connectivity index (χ4v) is 12.2. The molecular formula is C38H61N3O2. The highest BCUT2D eigenvalue weighted by Gasteiger charge is 2.71. The number of hydrogen-bond acceptors (Lipinski definition) is 4. The zero-order chi connectivity index (χ0) is 31.1. The molecule has 4 saturated carbocycles. The molecule has 0 radical (unpaired) electrons. The SMILES string of the molecule is CC1=CC2(C)C3=CC(=O)C4C(CCC5(C(=O)NCC6CCCCCCC6)CCC(C)(C)CC45N)C3(C)CCC2C(C)(C)N1. The average Bonchev–Trinajstić information content (AvgIpc) is 2.87. The molecule has 0 saturated heterocycles. The lowest BCUT2D eigenvalue weighted by molar-refractivity contribution is -0.166. The van der Waals surface area contributed by atoms with Crippen LogP contribution in [0.3, 0.4) is 0 Å². The summed E-state index contributed by atoms with van der Waals surface area (Å²) in [6, 6.07) is 0. The molecule has 1 amide bonds. The van der Waals surface area contributed by atoms with Crippen LogP contribution in [-0.4, -0.2) is 29.3 Å². The Labute approximate surface area is 262 Å². The molecule has 4 fully saturated rings. The summed E-state index contributed by atoms with van der Waals surface area (Å²) in [4.78, 5) is 29.2. The van der Waals surface area contributed by atoms with Gasteiger partial charge >= 0.3 is 0 Å². The number of hydrogen-bond donors (Lipinski definition) is 3. The van der Waals surface area contributed by atoms with E-state index in [1.165, 1.54) is 56.2 Å². The highest BCUT2D eigenvalue weighted by Crippen LogP contribution is 2.70. The van der Waals surface area contributed by atoms with E-state index in [1.54, 1.807) is 0 Å². The number of carbonyl (C=O) groups is 2. The maximum atomic E-state index is 14.7. The van der Waals surface area contributed by atoms with Crippen molar-refractivity contribution in [1.82, 2.24) is 10.6 Å². The Morgan fingerprint density at radius 2 is 1.60 bits per heavy atom. The first-order valence-electron chi connectivity index (χ1n) is 17.9. The third-order valence-corrected chi connectivity index (χ3v) is 14.1.